The summed E-state index contributed by atoms with van der Waals surface area (Å²) in [5.41, 5.74) is 1.95. The fourth-order valence-corrected chi connectivity index (χ4v) is 1.99. The van der Waals surface area contributed by atoms with E-state index in [2.05, 4.69) is 5.16 Å². The molecule has 0 atom stereocenters. The standard InChI is InChI=1S/C15H10ClNO2/c16-12-8-6-10(7-9-12)13-14(18)15(19-17-13)11-4-2-1-3-5-11/h1-9,18H. The quantitative estimate of drug-likeness (QED) is 0.753. The van der Waals surface area contributed by atoms with E-state index in [9.17, 15) is 5.11 Å². The largest absolute Gasteiger partial charge is 0.503 e. The summed E-state index contributed by atoms with van der Waals surface area (Å²) < 4.78 is 5.23. The van der Waals surface area contributed by atoms with Crippen LogP contribution in [0.1, 0.15) is 0 Å². The highest BCUT2D eigenvalue weighted by Crippen LogP contribution is 2.37. The summed E-state index contributed by atoms with van der Waals surface area (Å²) in [6, 6.07) is 16.4. The summed E-state index contributed by atoms with van der Waals surface area (Å²) in [5.74, 6) is 0.402. The number of hydrogen-bond donors (Lipinski definition) is 1. The molecule has 0 aliphatic heterocycles. The van der Waals surface area contributed by atoms with Crippen molar-refractivity contribution in [3.8, 4) is 28.3 Å². The minimum atomic E-state index is 0.0357. The maximum atomic E-state index is 10.2. The van der Waals surface area contributed by atoms with E-state index in [0.29, 0.717) is 16.5 Å². The third kappa shape index (κ3) is 2.20. The Balaban J connectivity index is 2.06. The zero-order valence-electron chi connectivity index (χ0n) is 9.88. The van der Waals surface area contributed by atoms with Gasteiger partial charge in [-0.1, -0.05) is 59.2 Å². The van der Waals surface area contributed by atoms with Gasteiger partial charge in [0.05, 0.1) is 0 Å². The van der Waals surface area contributed by atoms with E-state index in [-0.39, 0.29) is 5.75 Å². The van der Waals surface area contributed by atoms with Gasteiger partial charge in [0.15, 0.2) is 11.4 Å². The molecule has 0 unspecified atom stereocenters. The van der Waals surface area contributed by atoms with Crippen LogP contribution >= 0.6 is 11.6 Å². The Labute approximate surface area is 115 Å². The van der Waals surface area contributed by atoms with Crippen LogP contribution in [0.25, 0.3) is 22.6 Å². The molecule has 3 rings (SSSR count). The zero-order valence-corrected chi connectivity index (χ0v) is 10.6. The maximum absolute atomic E-state index is 10.2. The van der Waals surface area contributed by atoms with Gasteiger partial charge < -0.3 is 9.63 Å². The summed E-state index contributed by atoms with van der Waals surface area (Å²) in [4.78, 5) is 0. The molecular formula is C15H10ClNO2. The SMILES string of the molecule is Oc1c(-c2ccc(Cl)cc2)noc1-c1ccccc1. The molecule has 0 bridgehead atoms. The second kappa shape index (κ2) is 4.78. The summed E-state index contributed by atoms with van der Waals surface area (Å²) in [6.07, 6.45) is 0. The van der Waals surface area contributed by atoms with E-state index in [0.717, 1.165) is 11.1 Å². The van der Waals surface area contributed by atoms with Crippen LogP contribution in [0.4, 0.5) is 0 Å². The first-order valence-corrected chi connectivity index (χ1v) is 6.13. The van der Waals surface area contributed by atoms with Crippen molar-refractivity contribution in [3.63, 3.8) is 0 Å². The Bertz CT molecular complexity index is 690. The van der Waals surface area contributed by atoms with Crippen molar-refractivity contribution in [3.05, 3.63) is 59.6 Å². The Morgan fingerprint density at radius 1 is 0.895 bits per heavy atom. The Morgan fingerprint density at radius 3 is 2.26 bits per heavy atom. The highest BCUT2D eigenvalue weighted by molar-refractivity contribution is 6.30. The Hall–Kier alpha value is -2.26. The molecule has 0 spiro atoms. The molecular weight excluding hydrogens is 262 g/mol. The average Bonchev–Trinajstić information content (AvgIpc) is 2.83. The van der Waals surface area contributed by atoms with E-state index in [1.54, 1.807) is 24.3 Å². The fourth-order valence-electron chi connectivity index (χ4n) is 1.86. The van der Waals surface area contributed by atoms with Crippen molar-refractivity contribution in [1.29, 1.82) is 0 Å². The molecule has 0 saturated heterocycles. The lowest BCUT2D eigenvalue weighted by Crippen LogP contribution is -1.77. The van der Waals surface area contributed by atoms with Gasteiger partial charge in [-0.2, -0.15) is 0 Å². The van der Waals surface area contributed by atoms with Gasteiger partial charge in [0.2, 0.25) is 5.76 Å². The zero-order chi connectivity index (χ0) is 13.2. The molecule has 2 aromatic carbocycles. The lowest BCUT2D eigenvalue weighted by Gasteiger charge is -1.98. The molecule has 94 valence electrons. The molecule has 0 radical (unpaired) electrons. The molecule has 0 saturated carbocycles. The second-order valence-electron chi connectivity index (χ2n) is 4.08. The molecule has 0 fully saturated rings. The number of rotatable bonds is 2. The molecule has 3 aromatic rings. The van der Waals surface area contributed by atoms with Crippen LogP contribution in [-0.2, 0) is 0 Å². The molecule has 0 amide bonds. The lowest BCUT2D eigenvalue weighted by molar-refractivity contribution is 0.422. The Morgan fingerprint density at radius 2 is 1.58 bits per heavy atom. The fraction of sp³-hybridized carbons (Fsp3) is 0. The van der Waals surface area contributed by atoms with Gasteiger partial charge in [0.25, 0.3) is 0 Å². The van der Waals surface area contributed by atoms with Gasteiger partial charge in [-0.05, 0) is 12.1 Å². The van der Waals surface area contributed by atoms with Gasteiger partial charge in [-0.15, -0.1) is 0 Å². The first kappa shape index (κ1) is 11.8. The van der Waals surface area contributed by atoms with Crippen LogP contribution in [0.3, 0.4) is 0 Å². The Kier molecular flexibility index (Phi) is 2.97. The summed E-state index contributed by atoms with van der Waals surface area (Å²) >= 11 is 5.83. The smallest absolute Gasteiger partial charge is 0.209 e. The van der Waals surface area contributed by atoms with Crippen LogP contribution in [0.15, 0.2) is 59.1 Å². The van der Waals surface area contributed by atoms with Crippen LogP contribution < -0.4 is 0 Å². The molecule has 1 heterocycles. The molecule has 4 heteroatoms. The van der Waals surface area contributed by atoms with Gasteiger partial charge >= 0.3 is 0 Å². The number of benzene rings is 2. The maximum Gasteiger partial charge on any atom is 0.209 e. The van der Waals surface area contributed by atoms with E-state index < -0.39 is 0 Å². The van der Waals surface area contributed by atoms with Crippen LogP contribution in [-0.4, -0.2) is 10.3 Å². The summed E-state index contributed by atoms with van der Waals surface area (Å²) in [5, 5.41) is 14.8. The lowest BCUT2D eigenvalue weighted by atomic mass is 10.1. The third-order valence-electron chi connectivity index (χ3n) is 2.82. The van der Waals surface area contributed by atoms with E-state index in [4.69, 9.17) is 16.1 Å². The monoisotopic (exact) mass is 271 g/mol. The van der Waals surface area contributed by atoms with E-state index >= 15 is 0 Å². The molecule has 0 aliphatic rings. The molecule has 19 heavy (non-hydrogen) atoms. The van der Waals surface area contributed by atoms with Crippen LogP contribution in [0.2, 0.25) is 5.02 Å². The van der Waals surface area contributed by atoms with Crippen LogP contribution in [0, 0.1) is 0 Å². The summed E-state index contributed by atoms with van der Waals surface area (Å²) in [7, 11) is 0. The first-order chi connectivity index (χ1) is 9.25. The van der Waals surface area contributed by atoms with Gasteiger partial charge in [-0.3, -0.25) is 0 Å². The molecule has 0 aliphatic carbocycles. The highest BCUT2D eigenvalue weighted by atomic mass is 35.5. The number of hydrogen-bond acceptors (Lipinski definition) is 3. The number of aromatic hydroxyl groups is 1. The molecule has 1 N–H and O–H groups in total. The highest BCUT2D eigenvalue weighted by Gasteiger charge is 2.17. The minimum absolute atomic E-state index is 0.0357. The number of aromatic nitrogens is 1. The number of nitrogens with zero attached hydrogens (tertiary/aromatic N) is 1. The van der Waals surface area contributed by atoms with Crippen molar-refractivity contribution in [2.24, 2.45) is 0 Å². The van der Waals surface area contributed by atoms with E-state index in [1.165, 1.54) is 0 Å². The minimum Gasteiger partial charge on any atom is -0.503 e. The second-order valence-corrected chi connectivity index (χ2v) is 4.52. The predicted molar refractivity (Wildman–Crippen MR) is 74.0 cm³/mol. The molecule has 3 nitrogen and oxygen atoms in total. The van der Waals surface area contributed by atoms with Crippen molar-refractivity contribution in [1.82, 2.24) is 5.16 Å². The average molecular weight is 272 g/mol. The van der Waals surface area contributed by atoms with Crippen molar-refractivity contribution in [2.45, 2.75) is 0 Å². The van der Waals surface area contributed by atoms with E-state index in [1.807, 2.05) is 30.3 Å². The van der Waals surface area contributed by atoms with Gasteiger partial charge in [0.1, 0.15) is 0 Å². The predicted octanol–water partition coefficient (Wildman–Crippen LogP) is 4.37. The summed E-state index contributed by atoms with van der Waals surface area (Å²) in [6.45, 7) is 0. The third-order valence-corrected chi connectivity index (χ3v) is 3.07. The normalized spacial score (nSPS) is 10.6. The van der Waals surface area contributed by atoms with Crippen molar-refractivity contribution >= 4 is 11.6 Å². The molecule has 1 aromatic heterocycles. The van der Waals surface area contributed by atoms with Crippen LogP contribution in [0.5, 0.6) is 5.75 Å². The van der Waals surface area contributed by atoms with Crippen molar-refractivity contribution < 1.29 is 9.63 Å². The van der Waals surface area contributed by atoms with Crippen molar-refractivity contribution in [2.75, 3.05) is 0 Å². The van der Waals surface area contributed by atoms with Gasteiger partial charge in [-0.25, -0.2) is 0 Å². The number of halogens is 1. The van der Waals surface area contributed by atoms with Gasteiger partial charge in [0, 0.05) is 16.1 Å². The topological polar surface area (TPSA) is 46.3 Å². The first-order valence-electron chi connectivity index (χ1n) is 5.75.